The molecule has 0 atom stereocenters. The van der Waals surface area contributed by atoms with Crippen LogP contribution < -0.4 is 20.1 Å². The fourth-order valence-electron chi connectivity index (χ4n) is 2.77. The first-order valence-electron chi connectivity index (χ1n) is 9.06. The van der Waals surface area contributed by atoms with Crippen LogP contribution in [0.15, 0.2) is 72.8 Å². The van der Waals surface area contributed by atoms with Crippen molar-refractivity contribution in [3.05, 3.63) is 89.5 Å². The SMILES string of the molecule is COc1ccc(NC(=O)c2ccc(C(=O)NCc3ccccc3)cc2)cc1OC. The van der Waals surface area contributed by atoms with Crippen LogP contribution in [0.5, 0.6) is 11.5 Å². The first kappa shape index (κ1) is 19.9. The summed E-state index contributed by atoms with van der Waals surface area (Å²) in [6.45, 7) is 0.446. The van der Waals surface area contributed by atoms with Gasteiger partial charge in [0.25, 0.3) is 11.8 Å². The molecule has 0 saturated heterocycles. The molecule has 6 heteroatoms. The normalized spacial score (nSPS) is 10.1. The third kappa shape index (κ3) is 5.13. The van der Waals surface area contributed by atoms with Crippen LogP contribution in [0.4, 0.5) is 5.69 Å². The molecule has 2 amide bonds. The van der Waals surface area contributed by atoms with Gasteiger partial charge in [-0.1, -0.05) is 30.3 Å². The standard InChI is InChI=1S/C23H22N2O4/c1-28-20-13-12-19(14-21(20)29-2)25-23(27)18-10-8-17(9-11-18)22(26)24-15-16-6-4-3-5-7-16/h3-14H,15H2,1-2H3,(H,24,26)(H,25,27). The molecule has 0 saturated carbocycles. The number of methoxy groups -OCH3 is 2. The predicted octanol–water partition coefficient (Wildman–Crippen LogP) is 3.89. The van der Waals surface area contributed by atoms with E-state index in [1.54, 1.807) is 49.6 Å². The van der Waals surface area contributed by atoms with Crippen molar-refractivity contribution in [2.24, 2.45) is 0 Å². The quantitative estimate of drug-likeness (QED) is 0.642. The Kier molecular flexibility index (Phi) is 6.47. The molecule has 0 aliphatic carbocycles. The van der Waals surface area contributed by atoms with Gasteiger partial charge in [-0.2, -0.15) is 0 Å². The molecule has 0 heterocycles. The van der Waals surface area contributed by atoms with Gasteiger partial charge in [-0.15, -0.1) is 0 Å². The van der Waals surface area contributed by atoms with Gasteiger partial charge in [-0.25, -0.2) is 0 Å². The number of carbonyl (C=O) groups excluding carboxylic acids is 2. The molecule has 0 aromatic heterocycles. The zero-order chi connectivity index (χ0) is 20.6. The van der Waals surface area contributed by atoms with Crippen LogP contribution in [0.1, 0.15) is 26.3 Å². The molecule has 0 aliphatic heterocycles. The smallest absolute Gasteiger partial charge is 0.255 e. The van der Waals surface area contributed by atoms with Gasteiger partial charge in [0.05, 0.1) is 14.2 Å². The molecule has 2 N–H and O–H groups in total. The molecule has 3 aromatic rings. The molecule has 29 heavy (non-hydrogen) atoms. The van der Waals surface area contributed by atoms with E-state index in [9.17, 15) is 9.59 Å². The van der Waals surface area contributed by atoms with E-state index in [1.807, 2.05) is 30.3 Å². The van der Waals surface area contributed by atoms with E-state index in [0.717, 1.165) is 5.56 Å². The van der Waals surface area contributed by atoms with Crippen LogP contribution in [0.25, 0.3) is 0 Å². The van der Waals surface area contributed by atoms with Crippen molar-refractivity contribution in [3.63, 3.8) is 0 Å². The molecule has 0 unspecified atom stereocenters. The lowest BCUT2D eigenvalue weighted by molar-refractivity contribution is 0.0949. The van der Waals surface area contributed by atoms with E-state index in [4.69, 9.17) is 9.47 Å². The Morgan fingerprint density at radius 2 is 1.38 bits per heavy atom. The number of ether oxygens (including phenoxy) is 2. The Morgan fingerprint density at radius 1 is 0.759 bits per heavy atom. The number of anilines is 1. The Bertz CT molecular complexity index is 986. The third-order valence-electron chi connectivity index (χ3n) is 4.35. The zero-order valence-corrected chi connectivity index (χ0v) is 16.3. The Balaban J connectivity index is 1.62. The van der Waals surface area contributed by atoms with Gasteiger partial charge in [0.15, 0.2) is 11.5 Å². The number of nitrogens with one attached hydrogen (secondary N) is 2. The van der Waals surface area contributed by atoms with Gasteiger partial charge >= 0.3 is 0 Å². The van der Waals surface area contributed by atoms with Crippen molar-refractivity contribution < 1.29 is 19.1 Å². The molecule has 0 fully saturated rings. The largest absolute Gasteiger partial charge is 0.493 e. The number of hydrogen-bond donors (Lipinski definition) is 2. The van der Waals surface area contributed by atoms with E-state index < -0.39 is 0 Å². The predicted molar refractivity (Wildman–Crippen MR) is 112 cm³/mol. The first-order chi connectivity index (χ1) is 14.1. The van der Waals surface area contributed by atoms with E-state index in [0.29, 0.717) is 34.9 Å². The molecule has 0 aliphatic rings. The van der Waals surface area contributed by atoms with Crippen molar-refractivity contribution in [2.45, 2.75) is 6.54 Å². The second-order valence-electron chi connectivity index (χ2n) is 6.27. The average Bonchev–Trinajstić information content (AvgIpc) is 2.78. The summed E-state index contributed by atoms with van der Waals surface area (Å²) in [5.41, 5.74) is 2.53. The molecular weight excluding hydrogens is 368 g/mol. The summed E-state index contributed by atoms with van der Waals surface area (Å²) in [6.07, 6.45) is 0. The van der Waals surface area contributed by atoms with Gasteiger partial charge < -0.3 is 20.1 Å². The van der Waals surface area contributed by atoms with Gasteiger partial charge in [0.1, 0.15) is 0 Å². The number of benzene rings is 3. The Hall–Kier alpha value is -3.80. The minimum absolute atomic E-state index is 0.194. The van der Waals surface area contributed by atoms with E-state index in [-0.39, 0.29) is 11.8 Å². The fourth-order valence-corrected chi connectivity index (χ4v) is 2.77. The topological polar surface area (TPSA) is 76.7 Å². The number of hydrogen-bond acceptors (Lipinski definition) is 4. The molecule has 3 rings (SSSR count). The van der Waals surface area contributed by atoms with Crippen LogP contribution in [0.2, 0.25) is 0 Å². The highest BCUT2D eigenvalue weighted by molar-refractivity contribution is 6.05. The highest BCUT2D eigenvalue weighted by atomic mass is 16.5. The van der Waals surface area contributed by atoms with Gasteiger partial charge in [-0.05, 0) is 42.0 Å². The number of rotatable bonds is 7. The van der Waals surface area contributed by atoms with Crippen molar-refractivity contribution in [2.75, 3.05) is 19.5 Å². The first-order valence-corrected chi connectivity index (χ1v) is 9.06. The number of amides is 2. The van der Waals surface area contributed by atoms with E-state index in [2.05, 4.69) is 10.6 Å². The highest BCUT2D eigenvalue weighted by Gasteiger charge is 2.11. The highest BCUT2D eigenvalue weighted by Crippen LogP contribution is 2.29. The van der Waals surface area contributed by atoms with Crippen LogP contribution in [0, 0.1) is 0 Å². The van der Waals surface area contributed by atoms with E-state index in [1.165, 1.54) is 7.11 Å². The monoisotopic (exact) mass is 390 g/mol. The van der Waals surface area contributed by atoms with Crippen LogP contribution in [-0.4, -0.2) is 26.0 Å². The molecule has 148 valence electrons. The van der Waals surface area contributed by atoms with Crippen LogP contribution in [-0.2, 0) is 6.54 Å². The summed E-state index contributed by atoms with van der Waals surface area (Å²) in [5, 5.41) is 5.67. The summed E-state index contributed by atoms with van der Waals surface area (Å²) in [5.74, 6) is 0.626. The van der Waals surface area contributed by atoms with E-state index >= 15 is 0 Å². The summed E-state index contributed by atoms with van der Waals surface area (Å²) in [4.78, 5) is 24.8. The van der Waals surface area contributed by atoms with Crippen molar-refractivity contribution in [1.82, 2.24) is 5.32 Å². The maximum absolute atomic E-state index is 12.5. The van der Waals surface area contributed by atoms with Crippen molar-refractivity contribution in [1.29, 1.82) is 0 Å². The maximum Gasteiger partial charge on any atom is 0.255 e. The molecular formula is C23H22N2O4. The lowest BCUT2D eigenvalue weighted by atomic mass is 10.1. The third-order valence-corrected chi connectivity index (χ3v) is 4.35. The summed E-state index contributed by atoms with van der Waals surface area (Å²) >= 11 is 0. The second kappa shape index (κ2) is 9.41. The zero-order valence-electron chi connectivity index (χ0n) is 16.3. The van der Waals surface area contributed by atoms with Crippen LogP contribution >= 0.6 is 0 Å². The summed E-state index contributed by atoms with van der Waals surface area (Å²) < 4.78 is 10.4. The number of carbonyl (C=O) groups is 2. The Labute approximate surface area is 169 Å². The molecule has 6 nitrogen and oxygen atoms in total. The molecule has 0 bridgehead atoms. The van der Waals surface area contributed by atoms with Gasteiger partial charge in [0, 0.05) is 29.4 Å². The summed E-state index contributed by atoms with van der Waals surface area (Å²) in [6, 6.07) is 21.3. The Morgan fingerprint density at radius 3 is 2.00 bits per heavy atom. The van der Waals surface area contributed by atoms with Crippen LogP contribution in [0.3, 0.4) is 0 Å². The molecule has 0 radical (unpaired) electrons. The van der Waals surface area contributed by atoms with Crippen molar-refractivity contribution in [3.8, 4) is 11.5 Å². The fraction of sp³-hybridized carbons (Fsp3) is 0.130. The molecule has 3 aromatic carbocycles. The van der Waals surface area contributed by atoms with Gasteiger partial charge in [0.2, 0.25) is 0 Å². The lowest BCUT2D eigenvalue weighted by Crippen LogP contribution is -2.22. The van der Waals surface area contributed by atoms with Gasteiger partial charge in [-0.3, -0.25) is 9.59 Å². The maximum atomic E-state index is 12.5. The lowest BCUT2D eigenvalue weighted by Gasteiger charge is -2.11. The minimum Gasteiger partial charge on any atom is -0.493 e. The average molecular weight is 390 g/mol. The summed E-state index contributed by atoms with van der Waals surface area (Å²) in [7, 11) is 3.08. The van der Waals surface area contributed by atoms with Crippen molar-refractivity contribution >= 4 is 17.5 Å². The molecule has 0 spiro atoms. The minimum atomic E-state index is -0.284. The second-order valence-corrected chi connectivity index (χ2v) is 6.27.